The van der Waals surface area contributed by atoms with Crippen LogP contribution in [0.1, 0.15) is 29.5 Å². The molecule has 2 N–H and O–H groups in total. The molecule has 2 aromatic carbocycles. The van der Waals surface area contributed by atoms with Crippen molar-refractivity contribution in [1.29, 1.82) is 0 Å². The predicted molar refractivity (Wildman–Crippen MR) is 108 cm³/mol. The summed E-state index contributed by atoms with van der Waals surface area (Å²) >= 11 is 5.95. The molecule has 1 aliphatic heterocycles. The molecule has 0 aromatic heterocycles. The average Bonchev–Trinajstić information content (AvgIpc) is 2.65. The number of ether oxygens (including phenoxy) is 1. The maximum absolute atomic E-state index is 12.3. The van der Waals surface area contributed by atoms with Gasteiger partial charge < -0.3 is 15.0 Å². The summed E-state index contributed by atoms with van der Waals surface area (Å²) < 4.78 is 5.75. The molecule has 144 valence electrons. The van der Waals surface area contributed by atoms with Gasteiger partial charge in [0.25, 0.3) is 5.91 Å². The number of rotatable bonds is 6. The standard InChI is InChI=1S/C22H27ClN2O2/c1-16-4-3-5-17(2)22(16)27-15-21(26)24-20-10-12-25(13-11-20)14-18-6-8-19(23)9-7-18/h3-9,20H,10-15H2,1-2H3,(H,24,26)/p+1. The van der Waals surface area contributed by atoms with Crippen molar-refractivity contribution in [2.45, 2.75) is 39.3 Å². The average molecular weight is 388 g/mol. The van der Waals surface area contributed by atoms with Crippen molar-refractivity contribution in [2.75, 3.05) is 19.7 Å². The first-order valence-electron chi connectivity index (χ1n) is 9.57. The minimum absolute atomic E-state index is 0.0381. The van der Waals surface area contributed by atoms with Crippen molar-refractivity contribution in [3.05, 3.63) is 64.2 Å². The largest absolute Gasteiger partial charge is 0.483 e. The number of hydrogen-bond acceptors (Lipinski definition) is 2. The van der Waals surface area contributed by atoms with Crippen molar-refractivity contribution in [1.82, 2.24) is 5.32 Å². The molecule has 0 radical (unpaired) electrons. The molecular formula is C22H28ClN2O2+. The van der Waals surface area contributed by atoms with E-state index in [0.717, 1.165) is 54.4 Å². The Bertz CT molecular complexity index is 748. The lowest BCUT2D eigenvalue weighted by Gasteiger charge is -2.29. The highest BCUT2D eigenvalue weighted by atomic mass is 35.5. The van der Waals surface area contributed by atoms with Gasteiger partial charge in [0.05, 0.1) is 13.1 Å². The van der Waals surface area contributed by atoms with Gasteiger partial charge in [-0.05, 0) is 37.1 Å². The number of para-hydroxylation sites is 1. The van der Waals surface area contributed by atoms with Crippen LogP contribution in [0.4, 0.5) is 0 Å². The van der Waals surface area contributed by atoms with Crippen LogP contribution >= 0.6 is 11.6 Å². The number of likely N-dealkylation sites (tertiary alicyclic amines) is 1. The van der Waals surface area contributed by atoms with Crippen LogP contribution in [0.5, 0.6) is 5.75 Å². The molecule has 27 heavy (non-hydrogen) atoms. The molecule has 1 saturated heterocycles. The van der Waals surface area contributed by atoms with Crippen LogP contribution in [0, 0.1) is 13.8 Å². The SMILES string of the molecule is Cc1cccc(C)c1OCC(=O)NC1CC[NH+](Cc2ccc(Cl)cc2)CC1. The fraction of sp³-hybridized carbons (Fsp3) is 0.409. The molecule has 1 fully saturated rings. The quantitative estimate of drug-likeness (QED) is 0.800. The summed E-state index contributed by atoms with van der Waals surface area (Å²) in [6.45, 7) is 7.20. The van der Waals surface area contributed by atoms with Gasteiger partial charge >= 0.3 is 0 Å². The summed E-state index contributed by atoms with van der Waals surface area (Å²) in [5.41, 5.74) is 3.42. The second kappa shape index (κ2) is 9.25. The van der Waals surface area contributed by atoms with Crippen LogP contribution in [-0.4, -0.2) is 31.6 Å². The van der Waals surface area contributed by atoms with E-state index in [1.165, 1.54) is 5.56 Å². The number of hydrogen-bond donors (Lipinski definition) is 2. The third-order valence-electron chi connectivity index (χ3n) is 5.18. The van der Waals surface area contributed by atoms with Crippen LogP contribution < -0.4 is 15.0 Å². The molecule has 1 aliphatic rings. The van der Waals surface area contributed by atoms with Crippen molar-refractivity contribution in [3.8, 4) is 5.75 Å². The van der Waals surface area contributed by atoms with Gasteiger partial charge in [0.2, 0.25) is 0 Å². The van der Waals surface area contributed by atoms with Crippen LogP contribution in [0.3, 0.4) is 0 Å². The van der Waals surface area contributed by atoms with Gasteiger partial charge in [-0.15, -0.1) is 0 Å². The highest BCUT2D eigenvalue weighted by Gasteiger charge is 2.23. The molecule has 3 rings (SSSR count). The van der Waals surface area contributed by atoms with Gasteiger partial charge in [-0.2, -0.15) is 0 Å². The molecular weight excluding hydrogens is 360 g/mol. The zero-order chi connectivity index (χ0) is 19.2. The normalized spacial score (nSPS) is 19.5. The molecule has 1 amide bonds. The molecule has 0 saturated carbocycles. The molecule has 0 unspecified atom stereocenters. The number of carbonyl (C=O) groups excluding carboxylic acids is 1. The number of quaternary nitrogens is 1. The Balaban J connectivity index is 1.41. The predicted octanol–water partition coefficient (Wildman–Crippen LogP) is 2.70. The Morgan fingerprint density at radius 1 is 1.11 bits per heavy atom. The van der Waals surface area contributed by atoms with Crippen LogP contribution in [0.25, 0.3) is 0 Å². The number of benzene rings is 2. The van der Waals surface area contributed by atoms with Crippen molar-refractivity contribution < 1.29 is 14.4 Å². The fourth-order valence-electron chi connectivity index (χ4n) is 3.67. The lowest BCUT2D eigenvalue weighted by atomic mass is 10.0. The minimum atomic E-state index is -0.0381. The third-order valence-corrected chi connectivity index (χ3v) is 5.43. The Hall–Kier alpha value is -2.04. The number of carbonyl (C=O) groups is 1. The van der Waals surface area contributed by atoms with Gasteiger partial charge in [0.1, 0.15) is 12.3 Å². The van der Waals surface area contributed by atoms with E-state index < -0.39 is 0 Å². The zero-order valence-corrected chi connectivity index (χ0v) is 16.8. The number of nitrogens with one attached hydrogen (secondary N) is 2. The summed E-state index contributed by atoms with van der Waals surface area (Å²) in [5.74, 6) is 0.777. The maximum atomic E-state index is 12.3. The maximum Gasteiger partial charge on any atom is 0.258 e. The minimum Gasteiger partial charge on any atom is -0.483 e. The molecule has 0 bridgehead atoms. The third kappa shape index (κ3) is 5.72. The summed E-state index contributed by atoms with van der Waals surface area (Å²) in [6, 6.07) is 14.3. The number of aryl methyl sites for hydroxylation is 2. The highest BCUT2D eigenvalue weighted by Crippen LogP contribution is 2.22. The second-order valence-corrected chi connectivity index (χ2v) is 7.84. The van der Waals surface area contributed by atoms with Gasteiger partial charge in [0.15, 0.2) is 6.61 Å². The lowest BCUT2D eigenvalue weighted by Crippen LogP contribution is -3.12. The van der Waals surface area contributed by atoms with Gasteiger partial charge in [0, 0.05) is 29.5 Å². The Morgan fingerprint density at radius 3 is 2.37 bits per heavy atom. The highest BCUT2D eigenvalue weighted by molar-refractivity contribution is 6.30. The van der Waals surface area contributed by atoms with E-state index in [-0.39, 0.29) is 18.6 Å². The number of piperidine rings is 1. The summed E-state index contributed by atoms with van der Waals surface area (Å²) in [5, 5.41) is 3.90. The molecule has 2 aromatic rings. The van der Waals surface area contributed by atoms with Crippen LogP contribution in [0.2, 0.25) is 5.02 Å². The first kappa shape index (κ1) is 19.7. The molecule has 0 aliphatic carbocycles. The Morgan fingerprint density at radius 2 is 1.74 bits per heavy atom. The summed E-state index contributed by atoms with van der Waals surface area (Å²) in [6.07, 6.45) is 2.00. The fourth-order valence-corrected chi connectivity index (χ4v) is 3.80. The van der Waals surface area contributed by atoms with Gasteiger partial charge in [-0.3, -0.25) is 4.79 Å². The van der Waals surface area contributed by atoms with Crippen molar-refractivity contribution in [3.63, 3.8) is 0 Å². The van der Waals surface area contributed by atoms with E-state index in [4.69, 9.17) is 16.3 Å². The van der Waals surface area contributed by atoms with Gasteiger partial charge in [-0.1, -0.05) is 41.9 Å². The summed E-state index contributed by atoms with van der Waals surface area (Å²) in [4.78, 5) is 13.8. The zero-order valence-electron chi connectivity index (χ0n) is 16.1. The van der Waals surface area contributed by atoms with E-state index >= 15 is 0 Å². The topological polar surface area (TPSA) is 42.8 Å². The second-order valence-electron chi connectivity index (χ2n) is 7.40. The molecule has 4 nitrogen and oxygen atoms in total. The van der Waals surface area contributed by atoms with E-state index in [1.807, 2.05) is 44.2 Å². The molecule has 0 atom stereocenters. The van der Waals surface area contributed by atoms with Crippen LogP contribution in [-0.2, 0) is 11.3 Å². The van der Waals surface area contributed by atoms with Gasteiger partial charge in [-0.25, -0.2) is 0 Å². The Kier molecular flexibility index (Phi) is 6.75. The smallest absolute Gasteiger partial charge is 0.258 e. The van der Waals surface area contributed by atoms with E-state index in [9.17, 15) is 4.79 Å². The van der Waals surface area contributed by atoms with Crippen LogP contribution in [0.15, 0.2) is 42.5 Å². The number of halogens is 1. The molecule has 0 spiro atoms. The first-order valence-corrected chi connectivity index (χ1v) is 9.95. The van der Waals surface area contributed by atoms with E-state index in [0.29, 0.717) is 0 Å². The van der Waals surface area contributed by atoms with Crippen molar-refractivity contribution >= 4 is 17.5 Å². The number of amides is 1. The van der Waals surface area contributed by atoms with E-state index in [2.05, 4.69) is 17.4 Å². The monoisotopic (exact) mass is 387 g/mol. The molecule has 5 heteroatoms. The van der Waals surface area contributed by atoms with E-state index in [1.54, 1.807) is 4.90 Å². The molecule has 1 heterocycles. The first-order chi connectivity index (χ1) is 13.0. The summed E-state index contributed by atoms with van der Waals surface area (Å²) in [7, 11) is 0. The lowest BCUT2D eigenvalue weighted by molar-refractivity contribution is -0.918. The Labute approximate surface area is 166 Å². The van der Waals surface area contributed by atoms with Crippen molar-refractivity contribution in [2.24, 2.45) is 0 Å².